The molecule has 2 heterocycles. The molecule has 0 atom stereocenters. The maximum atomic E-state index is 6.07. The Bertz CT molecular complexity index is 534. The predicted molar refractivity (Wildman–Crippen MR) is 73.9 cm³/mol. The van der Waals surface area contributed by atoms with Gasteiger partial charge in [0.25, 0.3) is 0 Å². The predicted octanol–water partition coefficient (Wildman–Crippen LogP) is 3.20. The average molecular weight is 265 g/mol. The van der Waals surface area contributed by atoms with Crippen molar-refractivity contribution in [1.82, 2.24) is 14.8 Å². The molecule has 0 saturated heterocycles. The Morgan fingerprint density at radius 3 is 2.89 bits per heavy atom. The van der Waals surface area contributed by atoms with Crippen molar-refractivity contribution in [2.45, 2.75) is 26.3 Å². The summed E-state index contributed by atoms with van der Waals surface area (Å²) >= 11 is 6.07. The molecule has 0 aliphatic carbocycles. The summed E-state index contributed by atoms with van der Waals surface area (Å²) in [5, 5.41) is 8.44. The number of pyridine rings is 1. The lowest BCUT2D eigenvalue weighted by molar-refractivity contribution is 0.712. The van der Waals surface area contributed by atoms with Crippen LogP contribution in [0.4, 0.5) is 5.69 Å². The lowest BCUT2D eigenvalue weighted by atomic mass is 10.1. The molecule has 0 aliphatic heterocycles. The first-order valence-electron chi connectivity index (χ1n) is 5.93. The van der Waals surface area contributed by atoms with E-state index in [1.807, 2.05) is 17.9 Å². The zero-order valence-corrected chi connectivity index (χ0v) is 11.6. The molecule has 0 radical (unpaired) electrons. The van der Waals surface area contributed by atoms with E-state index < -0.39 is 0 Å². The van der Waals surface area contributed by atoms with Gasteiger partial charge < -0.3 is 5.32 Å². The first-order valence-corrected chi connectivity index (χ1v) is 6.31. The molecule has 0 amide bonds. The van der Waals surface area contributed by atoms with Gasteiger partial charge in [0.15, 0.2) is 0 Å². The van der Waals surface area contributed by atoms with Gasteiger partial charge in [0, 0.05) is 31.5 Å². The quantitative estimate of drug-likeness (QED) is 0.922. The summed E-state index contributed by atoms with van der Waals surface area (Å²) in [7, 11) is 1.94. The summed E-state index contributed by atoms with van der Waals surface area (Å²) in [6.07, 6.45) is 5.44. The van der Waals surface area contributed by atoms with E-state index in [4.69, 9.17) is 11.6 Å². The van der Waals surface area contributed by atoms with Crippen LogP contribution in [0.3, 0.4) is 0 Å². The molecule has 0 spiro atoms. The van der Waals surface area contributed by atoms with Gasteiger partial charge in [0.1, 0.15) is 0 Å². The summed E-state index contributed by atoms with van der Waals surface area (Å²) in [6.45, 7) is 4.98. The Kier molecular flexibility index (Phi) is 3.87. The molecule has 5 heteroatoms. The largest absolute Gasteiger partial charge is 0.378 e. The molecule has 0 saturated carbocycles. The highest BCUT2D eigenvalue weighted by atomic mass is 35.5. The minimum atomic E-state index is 0.410. The van der Waals surface area contributed by atoms with Gasteiger partial charge in [-0.1, -0.05) is 25.4 Å². The van der Waals surface area contributed by atoms with E-state index in [2.05, 4.69) is 29.2 Å². The van der Waals surface area contributed by atoms with Gasteiger partial charge in [0.2, 0.25) is 0 Å². The van der Waals surface area contributed by atoms with Gasteiger partial charge >= 0.3 is 0 Å². The lowest BCUT2D eigenvalue weighted by Gasteiger charge is -2.08. The Morgan fingerprint density at radius 2 is 2.22 bits per heavy atom. The van der Waals surface area contributed by atoms with Gasteiger partial charge in [-0.3, -0.25) is 9.67 Å². The first kappa shape index (κ1) is 12.9. The average Bonchev–Trinajstić information content (AvgIpc) is 2.70. The van der Waals surface area contributed by atoms with Crippen LogP contribution < -0.4 is 5.32 Å². The van der Waals surface area contributed by atoms with Crippen molar-refractivity contribution in [3.05, 3.63) is 40.9 Å². The van der Waals surface area contributed by atoms with E-state index in [9.17, 15) is 0 Å². The van der Waals surface area contributed by atoms with Crippen LogP contribution in [0.2, 0.25) is 5.02 Å². The molecule has 4 nitrogen and oxygen atoms in total. The van der Waals surface area contributed by atoms with E-state index in [1.54, 1.807) is 18.5 Å². The SMILES string of the molecule is CC(C)c1nn(C)cc1CNc1cnccc1Cl. The van der Waals surface area contributed by atoms with Gasteiger partial charge in [-0.15, -0.1) is 0 Å². The Hall–Kier alpha value is -1.55. The summed E-state index contributed by atoms with van der Waals surface area (Å²) in [6, 6.07) is 1.77. The molecular weight excluding hydrogens is 248 g/mol. The highest BCUT2D eigenvalue weighted by Gasteiger charge is 2.11. The topological polar surface area (TPSA) is 42.7 Å². The van der Waals surface area contributed by atoms with Gasteiger partial charge in [-0.25, -0.2) is 0 Å². The number of aromatic nitrogens is 3. The van der Waals surface area contributed by atoms with E-state index in [0.29, 0.717) is 17.5 Å². The first-order chi connectivity index (χ1) is 8.58. The van der Waals surface area contributed by atoms with Crippen LogP contribution >= 0.6 is 11.6 Å². The summed E-state index contributed by atoms with van der Waals surface area (Å²) < 4.78 is 1.84. The second-order valence-corrected chi connectivity index (χ2v) is 4.98. The van der Waals surface area contributed by atoms with Crippen molar-refractivity contribution in [2.24, 2.45) is 7.05 Å². The number of hydrogen-bond donors (Lipinski definition) is 1. The van der Waals surface area contributed by atoms with Crippen LogP contribution in [0.1, 0.15) is 31.0 Å². The van der Waals surface area contributed by atoms with Crippen LogP contribution in [0.15, 0.2) is 24.7 Å². The zero-order chi connectivity index (χ0) is 13.1. The van der Waals surface area contributed by atoms with Crippen LogP contribution in [0.25, 0.3) is 0 Å². The smallest absolute Gasteiger partial charge is 0.0718 e. The highest BCUT2D eigenvalue weighted by molar-refractivity contribution is 6.33. The molecule has 0 unspecified atom stereocenters. The summed E-state index contributed by atoms with van der Waals surface area (Å²) in [5.74, 6) is 0.410. The number of hydrogen-bond acceptors (Lipinski definition) is 3. The molecule has 2 aromatic heterocycles. The Labute approximate surface area is 112 Å². The molecular formula is C13H17ClN4. The Balaban J connectivity index is 2.13. The number of anilines is 1. The second-order valence-electron chi connectivity index (χ2n) is 4.58. The van der Waals surface area contributed by atoms with E-state index in [0.717, 1.165) is 11.4 Å². The van der Waals surface area contributed by atoms with Crippen molar-refractivity contribution in [3.63, 3.8) is 0 Å². The van der Waals surface area contributed by atoms with Crippen molar-refractivity contribution in [3.8, 4) is 0 Å². The number of rotatable bonds is 4. The lowest BCUT2D eigenvalue weighted by Crippen LogP contribution is -2.03. The minimum Gasteiger partial charge on any atom is -0.378 e. The summed E-state index contributed by atoms with van der Waals surface area (Å²) in [5.41, 5.74) is 3.15. The fourth-order valence-corrected chi connectivity index (χ4v) is 2.05. The van der Waals surface area contributed by atoms with Gasteiger partial charge in [-0.2, -0.15) is 5.10 Å². The fraction of sp³-hybridized carbons (Fsp3) is 0.385. The fourth-order valence-electron chi connectivity index (χ4n) is 1.88. The third-order valence-electron chi connectivity index (χ3n) is 2.72. The van der Waals surface area contributed by atoms with E-state index in [1.165, 1.54) is 5.56 Å². The molecule has 0 bridgehead atoms. The molecule has 0 fully saturated rings. The van der Waals surface area contributed by atoms with E-state index >= 15 is 0 Å². The number of nitrogens with zero attached hydrogens (tertiary/aromatic N) is 3. The van der Waals surface area contributed by atoms with Gasteiger partial charge in [0.05, 0.1) is 22.6 Å². The molecule has 1 N–H and O–H groups in total. The molecule has 18 heavy (non-hydrogen) atoms. The number of aryl methyl sites for hydroxylation is 1. The third kappa shape index (κ3) is 2.82. The minimum absolute atomic E-state index is 0.410. The third-order valence-corrected chi connectivity index (χ3v) is 3.05. The van der Waals surface area contributed by atoms with Crippen LogP contribution in [0.5, 0.6) is 0 Å². The second kappa shape index (κ2) is 5.40. The summed E-state index contributed by atoms with van der Waals surface area (Å²) in [4.78, 5) is 4.05. The normalized spacial score (nSPS) is 10.9. The molecule has 96 valence electrons. The van der Waals surface area contributed by atoms with Crippen molar-refractivity contribution in [2.75, 3.05) is 5.32 Å². The van der Waals surface area contributed by atoms with Crippen LogP contribution in [-0.4, -0.2) is 14.8 Å². The molecule has 2 aromatic rings. The van der Waals surface area contributed by atoms with Crippen molar-refractivity contribution in [1.29, 1.82) is 0 Å². The van der Waals surface area contributed by atoms with E-state index in [-0.39, 0.29) is 0 Å². The highest BCUT2D eigenvalue weighted by Crippen LogP contribution is 2.22. The standard InChI is InChI=1S/C13H17ClN4/c1-9(2)13-10(8-18(3)17-13)6-16-12-7-15-5-4-11(12)14/h4-5,7-9,16H,6H2,1-3H3. The zero-order valence-electron chi connectivity index (χ0n) is 10.8. The monoisotopic (exact) mass is 264 g/mol. The van der Waals surface area contributed by atoms with Crippen molar-refractivity contribution < 1.29 is 0 Å². The molecule has 0 aromatic carbocycles. The van der Waals surface area contributed by atoms with Crippen LogP contribution in [0, 0.1) is 0 Å². The van der Waals surface area contributed by atoms with Crippen molar-refractivity contribution >= 4 is 17.3 Å². The molecule has 0 aliphatic rings. The maximum absolute atomic E-state index is 6.07. The molecule has 2 rings (SSSR count). The Morgan fingerprint density at radius 1 is 1.44 bits per heavy atom. The number of nitrogens with one attached hydrogen (secondary N) is 1. The maximum Gasteiger partial charge on any atom is 0.0718 e. The van der Waals surface area contributed by atoms with Crippen LogP contribution in [-0.2, 0) is 13.6 Å². The number of halogens is 1. The van der Waals surface area contributed by atoms with Gasteiger partial charge in [-0.05, 0) is 12.0 Å².